The molecule has 0 fully saturated rings. The molecule has 0 spiro atoms. The van der Waals surface area contributed by atoms with E-state index in [1.165, 1.54) is 12.1 Å². The maximum Gasteiger partial charge on any atom is 0.418 e. The van der Waals surface area contributed by atoms with E-state index in [1.807, 2.05) is 6.92 Å². The third-order valence-electron chi connectivity index (χ3n) is 2.80. The normalized spacial score (nSPS) is 11.4. The highest BCUT2D eigenvalue weighted by Gasteiger charge is 2.33. The van der Waals surface area contributed by atoms with Crippen molar-refractivity contribution in [2.24, 2.45) is 0 Å². The number of hydrogen-bond donors (Lipinski definition) is 2. The highest BCUT2D eigenvalue weighted by Crippen LogP contribution is 2.37. The summed E-state index contributed by atoms with van der Waals surface area (Å²) >= 11 is 5.95. The van der Waals surface area contributed by atoms with Gasteiger partial charge in [-0.1, -0.05) is 17.7 Å². The van der Waals surface area contributed by atoms with Gasteiger partial charge in [-0.05, 0) is 42.8 Å². The summed E-state index contributed by atoms with van der Waals surface area (Å²) < 4.78 is 38.9. The van der Waals surface area contributed by atoms with E-state index in [0.29, 0.717) is 10.7 Å². The van der Waals surface area contributed by atoms with E-state index in [0.717, 1.165) is 11.6 Å². The smallest absolute Gasteiger partial charge is 0.399 e. The van der Waals surface area contributed by atoms with E-state index in [1.54, 1.807) is 18.2 Å². The highest BCUT2D eigenvalue weighted by molar-refractivity contribution is 6.31. The molecule has 0 aliphatic heterocycles. The number of benzene rings is 2. The Hall–Kier alpha value is -1.88. The van der Waals surface area contributed by atoms with E-state index in [9.17, 15) is 13.2 Å². The molecule has 0 saturated carbocycles. The van der Waals surface area contributed by atoms with Crippen molar-refractivity contribution in [3.05, 3.63) is 52.5 Å². The molecule has 20 heavy (non-hydrogen) atoms. The summed E-state index contributed by atoms with van der Waals surface area (Å²) in [4.78, 5) is 0. The average Bonchev–Trinajstić information content (AvgIpc) is 2.35. The molecule has 6 heteroatoms. The molecule has 0 atom stereocenters. The number of nitrogens with two attached hydrogens (primary N) is 1. The van der Waals surface area contributed by atoms with Crippen LogP contribution < -0.4 is 11.1 Å². The number of anilines is 3. The molecular formula is C14H12ClF3N2. The van der Waals surface area contributed by atoms with Gasteiger partial charge in [-0.15, -0.1) is 0 Å². The topological polar surface area (TPSA) is 38.0 Å². The fourth-order valence-corrected chi connectivity index (χ4v) is 1.91. The second-order valence-corrected chi connectivity index (χ2v) is 4.80. The number of hydrogen-bond acceptors (Lipinski definition) is 2. The van der Waals surface area contributed by atoms with E-state index in [-0.39, 0.29) is 11.4 Å². The zero-order valence-electron chi connectivity index (χ0n) is 10.6. The van der Waals surface area contributed by atoms with Crippen LogP contribution in [0, 0.1) is 6.92 Å². The Labute approximate surface area is 119 Å². The standard InChI is InChI=1S/C14H12ClF3N2/c1-8-2-4-10(7-12(8)15)20-13-5-3-9(19)6-11(13)14(16,17)18/h2-7,20H,19H2,1H3. The van der Waals surface area contributed by atoms with Crippen molar-refractivity contribution in [3.63, 3.8) is 0 Å². The molecule has 2 aromatic carbocycles. The Bertz CT molecular complexity index is 639. The summed E-state index contributed by atoms with van der Waals surface area (Å²) in [7, 11) is 0. The van der Waals surface area contributed by atoms with Crippen molar-refractivity contribution >= 4 is 28.7 Å². The van der Waals surface area contributed by atoms with Crippen LogP contribution in [0.4, 0.5) is 30.2 Å². The van der Waals surface area contributed by atoms with Gasteiger partial charge in [0.15, 0.2) is 0 Å². The van der Waals surface area contributed by atoms with Crippen LogP contribution in [0.5, 0.6) is 0 Å². The van der Waals surface area contributed by atoms with Crippen molar-refractivity contribution in [3.8, 4) is 0 Å². The fraction of sp³-hybridized carbons (Fsp3) is 0.143. The van der Waals surface area contributed by atoms with Gasteiger partial charge >= 0.3 is 6.18 Å². The summed E-state index contributed by atoms with van der Waals surface area (Å²) in [6.45, 7) is 1.82. The first kappa shape index (κ1) is 14.5. The number of nitrogens with one attached hydrogen (secondary N) is 1. The van der Waals surface area contributed by atoms with Gasteiger partial charge in [0.1, 0.15) is 0 Å². The third-order valence-corrected chi connectivity index (χ3v) is 3.21. The number of rotatable bonds is 2. The lowest BCUT2D eigenvalue weighted by molar-refractivity contribution is -0.136. The average molecular weight is 301 g/mol. The van der Waals surface area contributed by atoms with Crippen molar-refractivity contribution < 1.29 is 13.2 Å². The molecule has 2 rings (SSSR count). The number of alkyl halides is 3. The Kier molecular flexibility index (Phi) is 3.81. The second kappa shape index (κ2) is 5.25. The lowest BCUT2D eigenvalue weighted by Gasteiger charge is -2.15. The Morgan fingerprint density at radius 3 is 2.40 bits per heavy atom. The quantitative estimate of drug-likeness (QED) is 0.767. The predicted molar refractivity (Wildman–Crippen MR) is 75.3 cm³/mol. The van der Waals surface area contributed by atoms with E-state index >= 15 is 0 Å². The Morgan fingerprint density at radius 2 is 1.80 bits per heavy atom. The van der Waals surface area contributed by atoms with Crippen LogP contribution in [0.3, 0.4) is 0 Å². The van der Waals surface area contributed by atoms with Gasteiger partial charge in [-0.25, -0.2) is 0 Å². The van der Waals surface area contributed by atoms with Crippen molar-refractivity contribution in [1.29, 1.82) is 0 Å². The number of nitrogen functional groups attached to an aromatic ring is 1. The lowest BCUT2D eigenvalue weighted by Crippen LogP contribution is -2.09. The summed E-state index contributed by atoms with van der Waals surface area (Å²) in [6.07, 6.45) is -4.48. The third kappa shape index (κ3) is 3.17. The minimum Gasteiger partial charge on any atom is -0.399 e. The van der Waals surface area contributed by atoms with Gasteiger partial charge in [0, 0.05) is 16.4 Å². The van der Waals surface area contributed by atoms with E-state index in [2.05, 4.69) is 5.32 Å². The van der Waals surface area contributed by atoms with Gasteiger partial charge in [0.25, 0.3) is 0 Å². The molecule has 0 radical (unpaired) electrons. The first-order valence-corrected chi connectivity index (χ1v) is 6.15. The minimum atomic E-state index is -4.48. The van der Waals surface area contributed by atoms with E-state index < -0.39 is 11.7 Å². The molecule has 0 bridgehead atoms. The first-order chi connectivity index (χ1) is 9.27. The molecule has 0 aliphatic carbocycles. The predicted octanol–water partition coefficient (Wildman–Crippen LogP) is 4.99. The van der Waals surface area contributed by atoms with Crippen LogP contribution in [-0.2, 0) is 6.18 Å². The number of halogens is 4. The van der Waals surface area contributed by atoms with Crippen LogP contribution in [0.1, 0.15) is 11.1 Å². The Morgan fingerprint density at radius 1 is 1.10 bits per heavy atom. The fourth-order valence-electron chi connectivity index (χ4n) is 1.73. The number of aryl methyl sites for hydroxylation is 1. The second-order valence-electron chi connectivity index (χ2n) is 4.39. The monoisotopic (exact) mass is 300 g/mol. The summed E-state index contributed by atoms with van der Waals surface area (Å²) in [5, 5.41) is 3.20. The van der Waals surface area contributed by atoms with Gasteiger partial charge in [-0.3, -0.25) is 0 Å². The van der Waals surface area contributed by atoms with Crippen molar-refractivity contribution in [1.82, 2.24) is 0 Å². The molecule has 3 N–H and O–H groups in total. The van der Waals surface area contributed by atoms with Crippen molar-refractivity contribution in [2.45, 2.75) is 13.1 Å². The summed E-state index contributed by atoms with van der Waals surface area (Å²) in [5.74, 6) is 0. The SMILES string of the molecule is Cc1ccc(Nc2ccc(N)cc2C(F)(F)F)cc1Cl. The molecule has 0 aromatic heterocycles. The molecule has 0 amide bonds. The van der Waals surface area contributed by atoms with Gasteiger partial charge in [0.05, 0.1) is 11.3 Å². The zero-order chi connectivity index (χ0) is 14.9. The van der Waals surface area contributed by atoms with Crippen LogP contribution in [0.25, 0.3) is 0 Å². The molecule has 2 aromatic rings. The van der Waals surface area contributed by atoms with Gasteiger partial charge < -0.3 is 11.1 Å². The highest BCUT2D eigenvalue weighted by atomic mass is 35.5. The zero-order valence-corrected chi connectivity index (χ0v) is 11.3. The molecule has 0 saturated heterocycles. The molecule has 0 heterocycles. The molecule has 0 aliphatic rings. The lowest BCUT2D eigenvalue weighted by atomic mass is 10.1. The molecular weight excluding hydrogens is 289 g/mol. The summed E-state index contributed by atoms with van der Waals surface area (Å²) in [5.41, 5.74) is 5.93. The van der Waals surface area contributed by atoms with Crippen LogP contribution >= 0.6 is 11.6 Å². The Balaban J connectivity index is 2.40. The largest absolute Gasteiger partial charge is 0.418 e. The van der Waals surface area contributed by atoms with Crippen molar-refractivity contribution in [2.75, 3.05) is 11.1 Å². The van der Waals surface area contributed by atoms with Gasteiger partial charge in [0.2, 0.25) is 0 Å². The van der Waals surface area contributed by atoms with E-state index in [4.69, 9.17) is 17.3 Å². The van der Waals surface area contributed by atoms with Gasteiger partial charge in [-0.2, -0.15) is 13.2 Å². The van der Waals surface area contributed by atoms with Crippen LogP contribution in [0.15, 0.2) is 36.4 Å². The minimum absolute atomic E-state index is 0.0600. The maximum atomic E-state index is 13.0. The van der Waals surface area contributed by atoms with Crippen LogP contribution in [-0.4, -0.2) is 0 Å². The molecule has 0 unspecified atom stereocenters. The molecule has 2 nitrogen and oxygen atoms in total. The molecule has 106 valence electrons. The first-order valence-electron chi connectivity index (χ1n) is 5.77. The summed E-state index contributed by atoms with van der Waals surface area (Å²) in [6, 6.07) is 8.58. The maximum absolute atomic E-state index is 13.0. The van der Waals surface area contributed by atoms with Crippen LogP contribution in [0.2, 0.25) is 5.02 Å².